The summed E-state index contributed by atoms with van der Waals surface area (Å²) in [6.45, 7) is -0.0869. The van der Waals surface area contributed by atoms with Gasteiger partial charge in [-0.25, -0.2) is 9.97 Å². The molecule has 0 unspecified atom stereocenters. The maximum absolute atomic E-state index is 12.6. The van der Waals surface area contributed by atoms with Gasteiger partial charge in [-0.15, -0.1) is 11.3 Å². The number of aromatic nitrogens is 2. The van der Waals surface area contributed by atoms with E-state index in [1.54, 1.807) is 11.3 Å². The van der Waals surface area contributed by atoms with E-state index in [1.165, 1.54) is 22.3 Å². The van der Waals surface area contributed by atoms with Crippen LogP contribution in [0, 0.1) is 0 Å². The number of anilines is 1. The van der Waals surface area contributed by atoms with Gasteiger partial charge in [0.05, 0.1) is 5.39 Å². The number of para-hydroxylation sites is 1. The summed E-state index contributed by atoms with van der Waals surface area (Å²) < 4.78 is 5.84. The van der Waals surface area contributed by atoms with E-state index in [-0.39, 0.29) is 12.5 Å². The molecule has 0 fully saturated rings. The molecule has 4 aromatic rings. The van der Waals surface area contributed by atoms with Gasteiger partial charge >= 0.3 is 0 Å². The molecule has 1 N–H and O–H groups in total. The van der Waals surface area contributed by atoms with Crippen LogP contribution in [0.25, 0.3) is 10.2 Å². The minimum absolute atomic E-state index is 0.0869. The Kier molecular flexibility index (Phi) is 5.15. The van der Waals surface area contributed by atoms with Crippen molar-refractivity contribution in [1.82, 2.24) is 9.97 Å². The highest BCUT2D eigenvalue weighted by atomic mass is 32.1. The molecular weight excluding hydrogens is 394 g/mol. The molecule has 0 radical (unpaired) electrons. The van der Waals surface area contributed by atoms with Gasteiger partial charge in [0, 0.05) is 10.6 Å². The molecule has 1 aliphatic carbocycles. The third-order valence-corrected chi connectivity index (χ3v) is 6.54. The van der Waals surface area contributed by atoms with Crippen LogP contribution < -0.4 is 10.1 Å². The van der Waals surface area contributed by atoms with Gasteiger partial charge in [0.1, 0.15) is 11.2 Å². The lowest BCUT2D eigenvalue weighted by atomic mass is 10.0. The number of aryl methyl sites for hydroxylation is 2. The molecule has 2 aromatic carbocycles. The maximum Gasteiger partial charge on any atom is 0.262 e. The highest BCUT2D eigenvalue weighted by molar-refractivity contribution is 7.18. The van der Waals surface area contributed by atoms with E-state index in [2.05, 4.69) is 27.4 Å². The molecule has 1 aliphatic rings. The van der Waals surface area contributed by atoms with Crippen molar-refractivity contribution in [2.24, 2.45) is 0 Å². The van der Waals surface area contributed by atoms with Crippen molar-refractivity contribution in [3.63, 3.8) is 0 Å². The molecule has 5 nitrogen and oxygen atoms in total. The first-order valence-corrected chi connectivity index (χ1v) is 10.9. The van der Waals surface area contributed by atoms with Gasteiger partial charge in [0.25, 0.3) is 5.91 Å². The van der Waals surface area contributed by atoms with Crippen molar-refractivity contribution in [2.45, 2.75) is 25.7 Å². The molecule has 5 rings (SSSR count). The minimum Gasteiger partial charge on any atom is -0.467 e. The lowest BCUT2D eigenvalue weighted by molar-refractivity contribution is -0.118. The lowest BCUT2D eigenvalue weighted by Crippen LogP contribution is -2.21. The molecule has 150 valence electrons. The fourth-order valence-corrected chi connectivity index (χ4v) is 5.16. The molecular formula is C24H21N3O2S. The third-order valence-electron chi connectivity index (χ3n) is 5.34. The number of benzene rings is 2. The second-order valence-corrected chi connectivity index (χ2v) is 8.46. The van der Waals surface area contributed by atoms with Crippen LogP contribution in [0.15, 0.2) is 60.9 Å². The summed E-state index contributed by atoms with van der Waals surface area (Å²) in [5.74, 6) is 0.307. The van der Waals surface area contributed by atoms with Gasteiger partial charge in [0.2, 0.25) is 5.88 Å². The Bertz CT molecular complexity index is 1200. The van der Waals surface area contributed by atoms with Gasteiger partial charge in [-0.2, -0.15) is 0 Å². The zero-order valence-corrected chi connectivity index (χ0v) is 17.2. The lowest BCUT2D eigenvalue weighted by Gasteiger charge is -2.12. The van der Waals surface area contributed by atoms with Crippen molar-refractivity contribution in [2.75, 3.05) is 11.9 Å². The number of amides is 1. The summed E-state index contributed by atoms with van der Waals surface area (Å²) in [5, 5.41) is 3.97. The van der Waals surface area contributed by atoms with Crippen molar-refractivity contribution in [3.05, 3.63) is 82.5 Å². The minimum atomic E-state index is -0.200. The first-order valence-electron chi connectivity index (χ1n) is 10.1. The number of carbonyl (C=O) groups is 1. The van der Waals surface area contributed by atoms with Crippen molar-refractivity contribution in [1.29, 1.82) is 0 Å². The summed E-state index contributed by atoms with van der Waals surface area (Å²) >= 11 is 1.71. The molecule has 2 heterocycles. The molecule has 0 bridgehead atoms. The van der Waals surface area contributed by atoms with E-state index in [0.717, 1.165) is 47.2 Å². The molecule has 0 atom stereocenters. The Morgan fingerprint density at radius 2 is 1.87 bits per heavy atom. The Hall–Kier alpha value is -3.25. The summed E-state index contributed by atoms with van der Waals surface area (Å²) in [7, 11) is 0. The smallest absolute Gasteiger partial charge is 0.262 e. The van der Waals surface area contributed by atoms with Crippen molar-refractivity contribution in [3.8, 4) is 5.88 Å². The molecule has 0 saturated heterocycles. The number of nitrogens with zero attached hydrogens (tertiary/aromatic N) is 2. The van der Waals surface area contributed by atoms with Crippen LogP contribution in [0.2, 0.25) is 0 Å². The van der Waals surface area contributed by atoms with Crippen molar-refractivity contribution >= 4 is 33.1 Å². The van der Waals surface area contributed by atoms with Gasteiger partial charge in [0.15, 0.2) is 6.61 Å². The zero-order valence-electron chi connectivity index (χ0n) is 16.4. The Balaban J connectivity index is 1.29. The predicted molar refractivity (Wildman–Crippen MR) is 119 cm³/mol. The number of rotatable bonds is 6. The highest BCUT2D eigenvalue weighted by Crippen LogP contribution is 2.39. The second kappa shape index (κ2) is 8.24. The van der Waals surface area contributed by atoms with E-state index >= 15 is 0 Å². The maximum atomic E-state index is 12.6. The molecule has 0 aliphatic heterocycles. The van der Waals surface area contributed by atoms with Gasteiger partial charge in [-0.1, -0.05) is 48.5 Å². The normalized spacial score (nSPS) is 12.7. The summed E-state index contributed by atoms with van der Waals surface area (Å²) in [6.07, 6.45) is 5.54. The Labute approximate surface area is 178 Å². The number of fused-ring (bicyclic) bond motifs is 3. The summed E-state index contributed by atoms with van der Waals surface area (Å²) in [5.41, 5.74) is 4.36. The fourth-order valence-electron chi connectivity index (χ4n) is 3.94. The quantitative estimate of drug-likeness (QED) is 0.492. The fraction of sp³-hybridized carbons (Fsp3) is 0.208. The SMILES string of the molecule is O=C(COc1ncnc2sc3c(c12)CCC3)Nc1ccccc1Cc1ccccc1. The first kappa shape index (κ1) is 18.8. The van der Waals surface area contributed by atoms with Gasteiger partial charge in [-0.05, 0) is 48.4 Å². The highest BCUT2D eigenvalue weighted by Gasteiger charge is 2.22. The summed E-state index contributed by atoms with van der Waals surface area (Å²) in [4.78, 5) is 23.6. The van der Waals surface area contributed by atoms with Crippen LogP contribution in [0.1, 0.15) is 28.0 Å². The van der Waals surface area contributed by atoms with E-state index < -0.39 is 0 Å². The number of nitrogens with one attached hydrogen (secondary N) is 1. The van der Waals surface area contributed by atoms with Crippen LogP contribution in [0.4, 0.5) is 5.69 Å². The molecule has 0 spiro atoms. The monoisotopic (exact) mass is 415 g/mol. The molecule has 30 heavy (non-hydrogen) atoms. The average molecular weight is 416 g/mol. The van der Waals surface area contributed by atoms with Gasteiger partial charge < -0.3 is 10.1 Å². The number of carbonyl (C=O) groups excluding carboxylic acids is 1. The Morgan fingerprint density at radius 1 is 1.03 bits per heavy atom. The zero-order chi connectivity index (χ0) is 20.3. The van der Waals surface area contributed by atoms with Crippen LogP contribution >= 0.6 is 11.3 Å². The topological polar surface area (TPSA) is 64.1 Å². The molecule has 0 saturated carbocycles. The van der Waals surface area contributed by atoms with Crippen molar-refractivity contribution < 1.29 is 9.53 Å². The van der Waals surface area contributed by atoms with E-state index in [0.29, 0.717) is 5.88 Å². The van der Waals surface area contributed by atoms with E-state index in [4.69, 9.17) is 4.74 Å². The standard InChI is InChI=1S/C24H21N3O2S/c28-21(27-19-11-5-4-9-17(19)13-16-7-2-1-3-8-16)14-29-23-22-18-10-6-12-20(18)30-24(22)26-15-25-23/h1-5,7-9,11,15H,6,10,12-14H2,(H,27,28). The number of thiophene rings is 1. The second-order valence-electron chi connectivity index (χ2n) is 7.37. The number of hydrogen-bond donors (Lipinski definition) is 1. The molecule has 2 aromatic heterocycles. The molecule has 1 amide bonds. The van der Waals surface area contributed by atoms with Crippen LogP contribution in [0.3, 0.4) is 0 Å². The first-order chi connectivity index (χ1) is 14.8. The number of ether oxygens (including phenoxy) is 1. The van der Waals surface area contributed by atoms with Crippen LogP contribution in [0.5, 0.6) is 5.88 Å². The molecule has 6 heteroatoms. The number of hydrogen-bond acceptors (Lipinski definition) is 5. The average Bonchev–Trinajstić information content (AvgIpc) is 3.36. The summed E-state index contributed by atoms with van der Waals surface area (Å²) in [6, 6.07) is 18.1. The third kappa shape index (κ3) is 3.78. The van der Waals surface area contributed by atoms with Crippen LogP contribution in [-0.4, -0.2) is 22.5 Å². The van der Waals surface area contributed by atoms with E-state index in [1.807, 2.05) is 42.5 Å². The van der Waals surface area contributed by atoms with E-state index in [9.17, 15) is 4.79 Å². The van der Waals surface area contributed by atoms with Gasteiger partial charge in [-0.3, -0.25) is 4.79 Å². The predicted octanol–water partition coefficient (Wildman–Crippen LogP) is 4.79. The van der Waals surface area contributed by atoms with Crippen LogP contribution in [-0.2, 0) is 24.1 Å². The Morgan fingerprint density at radius 3 is 2.77 bits per heavy atom. The largest absolute Gasteiger partial charge is 0.467 e.